The lowest BCUT2D eigenvalue weighted by atomic mass is 10.2. The molecule has 0 atom stereocenters. The molecule has 12 heteroatoms. The van der Waals surface area contributed by atoms with E-state index in [0.717, 1.165) is 20.0 Å². The number of ether oxygens (including phenoxy) is 2. The Morgan fingerprint density at radius 2 is 1.68 bits per heavy atom. The standard InChI is InChI=1S/C22H23N5O6S/c1-3-4-14-33-22-24-18(15-10-6-5-7-11-15)23-20(26-22)25-21(29)27-34(30,31)17-13-9-8-12-16(17)19(28)32-2/h5-13H,3-4,14H2,1-2H3,(H2,23,24,25,26,27,29). The van der Waals surface area contributed by atoms with Crippen LogP contribution in [0.3, 0.4) is 0 Å². The van der Waals surface area contributed by atoms with Crippen molar-refractivity contribution in [3.63, 3.8) is 0 Å². The number of nitrogens with zero attached hydrogens (tertiary/aromatic N) is 3. The Morgan fingerprint density at radius 1 is 0.971 bits per heavy atom. The van der Waals surface area contributed by atoms with Gasteiger partial charge in [0.05, 0.1) is 19.3 Å². The first kappa shape index (κ1) is 24.6. The number of carbonyl (C=O) groups is 2. The minimum Gasteiger partial charge on any atom is -0.465 e. The number of hydrogen-bond donors (Lipinski definition) is 2. The fourth-order valence-electron chi connectivity index (χ4n) is 2.78. The average molecular weight is 486 g/mol. The van der Waals surface area contributed by atoms with Crippen LogP contribution in [0, 0.1) is 0 Å². The molecule has 11 nitrogen and oxygen atoms in total. The van der Waals surface area contributed by atoms with Gasteiger partial charge in [-0.15, -0.1) is 0 Å². The Labute approximate surface area is 196 Å². The summed E-state index contributed by atoms with van der Waals surface area (Å²) in [6.45, 7) is 2.36. The van der Waals surface area contributed by atoms with E-state index < -0.39 is 26.9 Å². The zero-order chi connectivity index (χ0) is 24.6. The summed E-state index contributed by atoms with van der Waals surface area (Å²) >= 11 is 0. The third-order valence-electron chi connectivity index (χ3n) is 4.41. The molecule has 0 radical (unpaired) electrons. The minimum atomic E-state index is -4.42. The molecule has 0 aliphatic rings. The molecule has 178 valence electrons. The first-order chi connectivity index (χ1) is 16.3. The SMILES string of the molecule is CCCCOc1nc(NC(=O)NS(=O)(=O)c2ccccc2C(=O)OC)nc(-c2ccccc2)n1. The van der Waals surface area contributed by atoms with Crippen LogP contribution in [0.5, 0.6) is 6.01 Å². The lowest BCUT2D eigenvalue weighted by Crippen LogP contribution is -2.35. The molecule has 2 aromatic carbocycles. The maximum Gasteiger partial charge on any atom is 0.339 e. The minimum absolute atomic E-state index is 0.0171. The van der Waals surface area contributed by atoms with Crippen LogP contribution in [-0.4, -0.2) is 49.1 Å². The lowest BCUT2D eigenvalue weighted by Gasteiger charge is -2.12. The third-order valence-corrected chi connectivity index (χ3v) is 5.80. The van der Waals surface area contributed by atoms with Gasteiger partial charge in [-0.3, -0.25) is 5.32 Å². The lowest BCUT2D eigenvalue weighted by molar-refractivity contribution is 0.0596. The molecule has 0 fully saturated rings. The van der Waals surface area contributed by atoms with E-state index in [1.165, 1.54) is 24.3 Å². The summed E-state index contributed by atoms with van der Waals surface area (Å²) in [7, 11) is -3.30. The van der Waals surface area contributed by atoms with Crippen molar-refractivity contribution in [2.75, 3.05) is 19.0 Å². The van der Waals surface area contributed by atoms with E-state index in [1.54, 1.807) is 24.3 Å². The zero-order valence-electron chi connectivity index (χ0n) is 18.5. The van der Waals surface area contributed by atoms with Crippen LogP contribution >= 0.6 is 0 Å². The molecule has 1 aromatic heterocycles. The van der Waals surface area contributed by atoms with Crippen molar-refractivity contribution < 1.29 is 27.5 Å². The summed E-state index contributed by atoms with van der Waals surface area (Å²) < 4.78 is 37.5. The fraction of sp³-hybridized carbons (Fsp3) is 0.227. The number of urea groups is 1. The number of sulfonamides is 1. The molecule has 2 amide bonds. The molecule has 0 saturated carbocycles. The van der Waals surface area contributed by atoms with Crippen LogP contribution in [0.15, 0.2) is 59.5 Å². The van der Waals surface area contributed by atoms with E-state index in [4.69, 9.17) is 4.74 Å². The largest absolute Gasteiger partial charge is 0.465 e. The topological polar surface area (TPSA) is 149 Å². The molecule has 34 heavy (non-hydrogen) atoms. The zero-order valence-corrected chi connectivity index (χ0v) is 19.3. The Bertz CT molecular complexity index is 1270. The highest BCUT2D eigenvalue weighted by molar-refractivity contribution is 7.90. The number of aromatic nitrogens is 3. The Hall–Kier alpha value is -4.06. The summed E-state index contributed by atoms with van der Waals surface area (Å²) in [6, 6.07) is 13.1. The maximum absolute atomic E-state index is 12.7. The van der Waals surface area contributed by atoms with Gasteiger partial charge in [-0.2, -0.15) is 15.0 Å². The molecule has 0 saturated heterocycles. The van der Waals surface area contributed by atoms with E-state index in [9.17, 15) is 18.0 Å². The number of benzene rings is 2. The van der Waals surface area contributed by atoms with E-state index >= 15 is 0 Å². The van der Waals surface area contributed by atoms with Crippen LogP contribution in [0.1, 0.15) is 30.1 Å². The van der Waals surface area contributed by atoms with Crippen molar-refractivity contribution in [2.24, 2.45) is 0 Å². The molecule has 0 bridgehead atoms. The number of nitrogens with one attached hydrogen (secondary N) is 2. The number of methoxy groups -OCH3 is 1. The number of anilines is 1. The molecule has 3 rings (SSSR count). The van der Waals surface area contributed by atoms with E-state index in [2.05, 4.69) is 25.0 Å². The van der Waals surface area contributed by atoms with Gasteiger partial charge in [-0.1, -0.05) is 55.8 Å². The van der Waals surface area contributed by atoms with E-state index in [1.807, 2.05) is 17.7 Å². The number of hydrogen-bond acceptors (Lipinski definition) is 9. The number of unbranched alkanes of at least 4 members (excludes halogenated alkanes) is 1. The fourth-order valence-corrected chi connectivity index (χ4v) is 3.89. The second kappa shape index (κ2) is 11.2. The summed E-state index contributed by atoms with van der Waals surface area (Å²) in [6.07, 6.45) is 1.67. The number of carbonyl (C=O) groups excluding carboxylic acids is 2. The Balaban J connectivity index is 1.85. The summed E-state index contributed by atoms with van der Waals surface area (Å²) in [5, 5.41) is 2.28. The number of amides is 2. The monoisotopic (exact) mass is 485 g/mol. The van der Waals surface area contributed by atoms with Gasteiger partial charge in [0, 0.05) is 5.56 Å². The van der Waals surface area contributed by atoms with Crippen LogP contribution in [-0.2, 0) is 14.8 Å². The highest BCUT2D eigenvalue weighted by Gasteiger charge is 2.25. The summed E-state index contributed by atoms with van der Waals surface area (Å²) in [4.78, 5) is 36.5. The first-order valence-electron chi connectivity index (χ1n) is 10.3. The van der Waals surface area contributed by atoms with Crippen LogP contribution in [0.2, 0.25) is 0 Å². The van der Waals surface area contributed by atoms with Crippen molar-refractivity contribution in [1.82, 2.24) is 19.7 Å². The van der Waals surface area contributed by atoms with Gasteiger partial charge in [-0.05, 0) is 18.6 Å². The molecular formula is C22H23N5O6S. The van der Waals surface area contributed by atoms with Gasteiger partial charge in [-0.25, -0.2) is 22.7 Å². The molecule has 0 aliphatic carbocycles. The van der Waals surface area contributed by atoms with Crippen LogP contribution in [0.4, 0.5) is 10.7 Å². The summed E-state index contributed by atoms with van der Waals surface area (Å²) in [5.74, 6) is -0.842. The maximum atomic E-state index is 12.7. The van der Waals surface area contributed by atoms with Crippen LogP contribution < -0.4 is 14.8 Å². The molecule has 0 spiro atoms. The van der Waals surface area contributed by atoms with E-state index in [0.29, 0.717) is 12.2 Å². The smallest absolute Gasteiger partial charge is 0.339 e. The number of esters is 1. The molecule has 0 aliphatic heterocycles. The molecular weight excluding hydrogens is 462 g/mol. The van der Waals surface area contributed by atoms with Gasteiger partial charge >= 0.3 is 18.0 Å². The van der Waals surface area contributed by atoms with Gasteiger partial charge in [0.2, 0.25) is 5.95 Å². The molecule has 2 N–H and O–H groups in total. The summed E-state index contributed by atoms with van der Waals surface area (Å²) in [5.41, 5.74) is 0.428. The predicted molar refractivity (Wildman–Crippen MR) is 123 cm³/mol. The van der Waals surface area contributed by atoms with E-state index in [-0.39, 0.29) is 23.3 Å². The van der Waals surface area contributed by atoms with Gasteiger partial charge in [0.1, 0.15) is 4.90 Å². The van der Waals surface area contributed by atoms with Gasteiger partial charge < -0.3 is 9.47 Å². The highest BCUT2D eigenvalue weighted by Crippen LogP contribution is 2.19. The van der Waals surface area contributed by atoms with Crippen molar-refractivity contribution in [2.45, 2.75) is 24.7 Å². The Morgan fingerprint density at radius 3 is 2.38 bits per heavy atom. The van der Waals surface area contributed by atoms with Gasteiger partial charge in [0.15, 0.2) is 5.82 Å². The predicted octanol–water partition coefficient (Wildman–Crippen LogP) is 3.01. The van der Waals surface area contributed by atoms with Crippen LogP contribution in [0.25, 0.3) is 11.4 Å². The quantitative estimate of drug-likeness (QED) is 0.344. The normalized spacial score (nSPS) is 10.9. The molecule has 3 aromatic rings. The van der Waals surface area contributed by atoms with Crippen molar-refractivity contribution in [1.29, 1.82) is 0 Å². The second-order valence-corrected chi connectivity index (χ2v) is 8.53. The van der Waals surface area contributed by atoms with Crippen molar-refractivity contribution in [3.8, 4) is 17.4 Å². The third kappa shape index (κ3) is 6.25. The average Bonchev–Trinajstić information content (AvgIpc) is 2.83. The second-order valence-electron chi connectivity index (χ2n) is 6.88. The highest BCUT2D eigenvalue weighted by atomic mass is 32.2. The molecule has 1 heterocycles. The van der Waals surface area contributed by atoms with Crippen molar-refractivity contribution in [3.05, 3.63) is 60.2 Å². The first-order valence-corrected chi connectivity index (χ1v) is 11.8. The Kier molecular flexibility index (Phi) is 8.09. The molecule has 0 unspecified atom stereocenters. The van der Waals surface area contributed by atoms with Crippen molar-refractivity contribution >= 4 is 28.0 Å². The number of rotatable bonds is 9. The van der Waals surface area contributed by atoms with Gasteiger partial charge in [0.25, 0.3) is 10.0 Å².